The number of carbonyl (C=O) groups is 1. The molecule has 5 nitrogen and oxygen atoms in total. The zero-order chi connectivity index (χ0) is 19.8. The zero-order valence-electron chi connectivity index (χ0n) is 15.0. The van der Waals surface area contributed by atoms with Crippen LogP contribution in [0.1, 0.15) is 21.7 Å². The molecule has 3 rings (SSSR count). The van der Waals surface area contributed by atoms with Gasteiger partial charge >= 0.3 is 5.97 Å². The van der Waals surface area contributed by atoms with Crippen LogP contribution in [-0.4, -0.2) is 29.2 Å². The van der Waals surface area contributed by atoms with E-state index in [1.54, 1.807) is 24.3 Å². The highest BCUT2D eigenvalue weighted by Gasteiger charge is 2.09. The van der Waals surface area contributed by atoms with Gasteiger partial charge in [0.05, 0.1) is 28.3 Å². The molecule has 144 valence electrons. The van der Waals surface area contributed by atoms with Gasteiger partial charge in [0, 0.05) is 22.8 Å². The van der Waals surface area contributed by atoms with Crippen molar-refractivity contribution < 1.29 is 14.3 Å². The molecule has 0 radical (unpaired) electrons. The number of hydrogen-bond donors (Lipinski definition) is 0. The summed E-state index contributed by atoms with van der Waals surface area (Å²) < 4.78 is 11.0. The van der Waals surface area contributed by atoms with Crippen molar-refractivity contribution >= 4 is 37.8 Å². The Kier molecular flexibility index (Phi) is 7.56. The predicted molar refractivity (Wildman–Crippen MR) is 115 cm³/mol. The first-order chi connectivity index (χ1) is 13.7. The van der Waals surface area contributed by atoms with E-state index in [0.29, 0.717) is 22.0 Å². The van der Waals surface area contributed by atoms with Crippen LogP contribution in [-0.2, 0) is 15.4 Å². The van der Waals surface area contributed by atoms with Gasteiger partial charge < -0.3 is 9.47 Å². The van der Waals surface area contributed by atoms with Gasteiger partial charge in [0.15, 0.2) is 0 Å². The Labute approximate surface area is 180 Å². The molecule has 0 unspecified atom stereocenters. The van der Waals surface area contributed by atoms with E-state index in [-0.39, 0.29) is 19.2 Å². The number of benzene rings is 1. The van der Waals surface area contributed by atoms with Crippen molar-refractivity contribution in [3.8, 4) is 17.1 Å². The summed E-state index contributed by atoms with van der Waals surface area (Å²) in [6.45, 7) is 0.408. The molecule has 2 aromatic heterocycles. The number of nitrogens with zero attached hydrogens (tertiary/aromatic N) is 2. The lowest BCUT2D eigenvalue weighted by atomic mass is 10.2. The summed E-state index contributed by atoms with van der Waals surface area (Å²) in [7, 11) is 0. The molecule has 0 N–H and O–H groups in total. The predicted octanol–water partition coefficient (Wildman–Crippen LogP) is 5.17. The van der Waals surface area contributed by atoms with E-state index < -0.39 is 0 Å². The average molecular weight is 506 g/mol. The number of halogens is 2. The number of aromatic nitrogens is 2. The highest BCUT2D eigenvalue weighted by molar-refractivity contribution is 9.08. The fraction of sp³-hybridized carbons (Fsp3) is 0.190. The number of alkyl halides is 2. The van der Waals surface area contributed by atoms with Crippen molar-refractivity contribution in [1.29, 1.82) is 0 Å². The molecule has 2 heterocycles. The lowest BCUT2D eigenvalue weighted by Gasteiger charge is -2.10. The van der Waals surface area contributed by atoms with Gasteiger partial charge in [-0.3, -0.25) is 9.97 Å². The molecule has 3 aromatic rings. The van der Waals surface area contributed by atoms with Gasteiger partial charge in [-0.2, -0.15) is 0 Å². The standard InChI is InChI=1S/C21H18Br2N2O3/c22-13-16-7-4-8-19(24-16)20-12-18(11-17(14-23)25-20)27-9-10-28-21(26)15-5-2-1-3-6-15/h1-8,11-12H,9-10,13-14H2. The molecule has 0 spiro atoms. The normalized spacial score (nSPS) is 10.5. The zero-order valence-corrected chi connectivity index (χ0v) is 18.1. The van der Waals surface area contributed by atoms with Gasteiger partial charge in [-0.25, -0.2) is 4.79 Å². The maximum absolute atomic E-state index is 11.9. The Morgan fingerprint density at radius 2 is 1.57 bits per heavy atom. The van der Waals surface area contributed by atoms with Gasteiger partial charge in [0.25, 0.3) is 0 Å². The Morgan fingerprint density at radius 3 is 2.32 bits per heavy atom. The second kappa shape index (κ2) is 10.3. The van der Waals surface area contributed by atoms with Gasteiger partial charge in [-0.1, -0.05) is 56.1 Å². The number of ether oxygens (including phenoxy) is 2. The van der Waals surface area contributed by atoms with Crippen LogP contribution in [0.25, 0.3) is 11.4 Å². The van der Waals surface area contributed by atoms with Crippen LogP contribution in [0.15, 0.2) is 60.7 Å². The van der Waals surface area contributed by atoms with Crippen molar-refractivity contribution in [2.24, 2.45) is 0 Å². The van der Waals surface area contributed by atoms with Crippen molar-refractivity contribution in [3.63, 3.8) is 0 Å². The molecule has 0 aliphatic rings. The fourth-order valence-corrected chi connectivity index (χ4v) is 3.09. The monoisotopic (exact) mass is 504 g/mol. The Bertz CT molecular complexity index is 936. The summed E-state index contributed by atoms with van der Waals surface area (Å²) in [4.78, 5) is 21.1. The topological polar surface area (TPSA) is 61.3 Å². The van der Waals surface area contributed by atoms with Crippen LogP contribution in [0.5, 0.6) is 5.75 Å². The maximum Gasteiger partial charge on any atom is 0.338 e. The van der Waals surface area contributed by atoms with E-state index in [9.17, 15) is 4.79 Å². The quantitative estimate of drug-likeness (QED) is 0.240. The summed E-state index contributed by atoms with van der Waals surface area (Å²) in [5.74, 6) is 0.290. The average Bonchev–Trinajstić information content (AvgIpc) is 2.77. The molecule has 28 heavy (non-hydrogen) atoms. The fourth-order valence-electron chi connectivity index (χ4n) is 2.49. The van der Waals surface area contributed by atoms with Crippen LogP contribution in [0, 0.1) is 0 Å². The number of hydrogen-bond acceptors (Lipinski definition) is 5. The molecule has 0 atom stereocenters. The molecule has 0 saturated heterocycles. The van der Waals surface area contributed by atoms with Gasteiger partial charge in [-0.15, -0.1) is 0 Å². The highest BCUT2D eigenvalue weighted by Crippen LogP contribution is 2.23. The SMILES string of the molecule is O=C(OCCOc1cc(CBr)nc(-c2cccc(CBr)n2)c1)c1ccccc1. The van der Waals surface area contributed by atoms with Crippen molar-refractivity contribution in [3.05, 3.63) is 77.6 Å². The third-order valence-electron chi connectivity index (χ3n) is 3.79. The van der Waals surface area contributed by atoms with Gasteiger partial charge in [-0.05, 0) is 24.3 Å². The highest BCUT2D eigenvalue weighted by atomic mass is 79.9. The smallest absolute Gasteiger partial charge is 0.338 e. The summed E-state index contributed by atoms with van der Waals surface area (Å²) in [5.41, 5.74) is 3.79. The molecular weight excluding hydrogens is 488 g/mol. The van der Waals surface area contributed by atoms with E-state index in [0.717, 1.165) is 22.8 Å². The summed E-state index contributed by atoms with van der Waals surface area (Å²) in [5, 5.41) is 1.27. The van der Waals surface area contributed by atoms with E-state index >= 15 is 0 Å². The molecule has 0 bridgehead atoms. The lowest BCUT2D eigenvalue weighted by molar-refractivity contribution is 0.0450. The first-order valence-electron chi connectivity index (χ1n) is 8.64. The molecule has 0 aliphatic carbocycles. The lowest BCUT2D eigenvalue weighted by Crippen LogP contribution is -2.12. The largest absolute Gasteiger partial charge is 0.490 e. The summed E-state index contributed by atoms with van der Waals surface area (Å²) >= 11 is 6.86. The molecule has 0 saturated carbocycles. The van der Waals surface area contributed by atoms with E-state index in [1.807, 2.05) is 36.4 Å². The molecule has 1 aromatic carbocycles. The van der Waals surface area contributed by atoms with Gasteiger partial charge in [0.2, 0.25) is 0 Å². The van der Waals surface area contributed by atoms with Crippen LogP contribution in [0.2, 0.25) is 0 Å². The van der Waals surface area contributed by atoms with E-state index in [2.05, 4.69) is 41.8 Å². The summed E-state index contributed by atoms with van der Waals surface area (Å²) in [6, 6.07) is 18.4. The third kappa shape index (κ3) is 5.62. The van der Waals surface area contributed by atoms with Crippen LogP contribution in [0.3, 0.4) is 0 Å². The first-order valence-corrected chi connectivity index (χ1v) is 10.9. The Morgan fingerprint density at radius 1 is 0.821 bits per heavy atom. The molecule has 0 amide bonds. The number of carbonyl (C=O) groups excluding carboxylic acids is 1. The maximum atomic E-state index is 11.9. The minimum Gasteiger partial charge on any atom is -0.490 e. The van der Waals surface area contributed by atoms with Crippen LogP contribution < -0.4 is 4.74 Å². The second-order valence-electron chi connectivity index (χ2n) is 5.81. The number of esters is 1. The minimum atomic E-state index is -0.364. The van der Waals surface area contributed by atoms with E-state index in [1.165, 1.54) is 0 Å². The molecule has 0 aliphatic heterocycles. The minimum absolute atomic E-state index is 0.159. The molecular formula is C21H18Br2N2O3. The Hall–Kier alpha value is -2.25. The Balaban J connectivity index is 1.64. The third-order valence-corrected chi connectivity index (χ3v) is 4.94. The molecule has 7 heteroatoms. The van der Waals surface area contributed by atoms with Crippen molar-refractivity contribution in [2.75, 3.05) is 13.2 Å². The summed E-state index contributed by atoms with van der Waals surface area (Å²) in [6.07, 6.45) is 0. The van der Waals surface area contributed by atoms with Crippen molar-refractivity contribution in [2.45, 2.75) is 10.7 Å². The first kappa shape index (κ1) is 20.5. The molecule has 0 fully saturated rings. The van der Waals surface area contributed by atoms with Crippen LogP contribution >= 0.6 is 31.9 Å². The van der Waals surface area contributed by atoms with Gasteiger partial charge in [0.1, 0.15) is 19.0 Å². The number of rotatable bonds is 8. The number of pyridine rings is 2. The second-order valence-corrected chi connectivity index (χ2v) is 6.93. The van der Waals surface area contributed by atoms with Crippen LogP contribution in [0.4, 0.5) is 0 Å². The van der Waals surface area contributed by atoms with E-state index in [4.69, 9.17) is 9.47 Å². The van der Waals surface area contributed by atoms with Crippen molar-refractivity contribution in [1.82, 2.24) is 9.97 Å².